The van der Waals surface area contributed by atoms with Crippen LogP contribution in [0, 0.1) is 0 Å². The van der Waals surface area contributed by atoms with Gasteiger partial charge in [-0.3, -0.25) is 4.79 Å². The predicted molar refractivity (Wildman–Crippen MR) is 168 cm³/mol. The first-order valence-electron chi connectivity index (χ1n) is 14.9. The first-order valence-corrected chi connectivity index (χ1v) is 14.9. The number of carbonyl (C=O) groups is 2. The van der Waals surface area contributed by atoms with Gasteiger partial charge in [-0.1, -0.05) is 61.5 Å². The number of amides is 3. The van der Waals surface area contributed by atoms with Gasteiger partial charge in [-0.15, -0.1) is 0 Å². The van der Waals surface area contributed by atoms with Gasteiger partial charge in [-0.25, -0.2) is 4.79 Å². The van der Waals surface area contributed by atoms with E-state index in [0.717, 1.165) is 34.9 Å². The summed E-state index contributed by atoms with van der Waals surface area (Å²) in [6.45, 7) is 6.31. The maximum atomic E-state index is 14.0. The Labute approximate surface area is 247 Å². The second-order valence-electron chi connectivity index (χ2n) is 11.0. The topological polar surface area (TPSA) is 98.5 Å². The Balaban J connectivity index is 1.38. The second-order valence-corrected chi connectivity index (χ2v) is 11.0. The normalized spacial score (nSPS) is 15.3. The van der Waals surface area contributed by atoms with Gasteiger partial charge in [0.1, 0.15) is 11.8 Å². The van der Waals surface area contributed by atoms with E-state index < -0.39 is 6.04 Å². The standard InChI is InChI=1S/C34H41N5O3/c1-4-42-31-15-14-24(21-35-3)20-30(31)37-33(40)32(23(2)28-22-36-29-13-9-8-12-27(28)29)38-34(41)39-18-16-26(17-19-39)25-10-6-5-7-11-25/h5-15,20,22-23,26,32,35-36H,4,16-19,21H2,1-3H3,(H,37,40)(H,38,41). The predicted octanol–water partition coefficient (Wildman–Crippen LogP) is 5.99. The molecule has 42 heavy (non-hydrogen) atoms. The number of fused-ring (bicyclic) bond motifs is 1. The van der Waals surface area contributed by atoms with Crippen molar-refractivity contribution >= 4 is 28.5 Å². The quantitative estimate of drug-likeness (QED) is 0.189. The summed E-state index contributed by atoms with van der Waals surface area (Å²) in [5.41, 5.74) is 4.88. The van der Waals surface area contributed by atoms with E-state index in [1.54, 1.807) is 0 Å². The van der Waals surface area contributed by atoms with Crippen molar-refractivity contribution in [3.8, 4) is 5.75 Å². The van der Waals surface area contributed by atoms with Crippen LogP contribution in [0.5, 0.6) is 5.75 Å². The molecule has 2 atom stereocenters. The third kappa shape index (κ3) is 6.60. The highest BCUT2D eigenvalue weighted by atomic mass is 16.5. The van der Waals surface area contributed by atoms with Crippen LogP contribution in [0.15, 0.2) is 79.0 Å². The highest BCUT2D eigenvalue weighted by Gasteiger charge is 2.33. The van der Waals surface area contributed by atoms with E-state index in [9.17, 15) is 9.59 Å². The van der Waals surface area contributed by atoms with Gasteiger partial charge in [0.2, 0.25) is 5.91 Å². The fraction of sp³-hybridized carbons (Fsp3) is 0.353. The number of benzene rings is 3. The van der Waals surface area contributed by atoms with E-state index in [-0.39, 0.29) is 17.9 Å². The highest BCUT2D eigenvalue weighted by Crippen LogP contribution is 2.32. The number of H-pyrrole nitrogens is 1. The van der Waals surface area contributed by atoms with E-state index in [4.69, 9.17) is 4.74 Å². The molecule has 8 nitrogen and oxygen atoms in total. The van der Waals surface area contributed by atoms with Crippen molar-refractivity contribution in [3.05, 3.63) is 95.7 Å². The van der Waals surface area contributed by atoms with Crippen LogP contribution in [0.4, 0.5) is 10.5 Å². The molecule has 1 aliphatic heterocycles. The van der Waals surface area contributed by atoms with Gasteiger partial charge >= 0.3 is 6.03 Å². The van der Waals surface area contributed by atoms with Crippen LogP contribution in [0.3, 0.4) is 0 Å². The number of likely N-dealkylation sites (tertiary alicyclic amines) is 1. The van der Waals surface area contributed by atoms with Crippen molar-refractivity contribution in [2.24, 2.45) is 0 Å². The summed E-state index contributed by atoms with van der Waals surface area (Å²) in [4.78, 5) is 32.8. The largest absolute Gasteiger partial charge is 0.492 e. The van der Waals surface area contributed by atoms with Crippen LogP contribution in [0.2, 0.25) is 0 Å². The fourth-order valence-electron chi connectivity index (χ4n) is 5.91. The SMILES string of the molecule is CCOc1ccc(CNC)cc1NC(=O)C(NC(=O)N1CCC(c2ccccc2)CC1)C(C)c1c[nH]c2ccccc12. The van der Waals surface area contributed by atoms with Gasteiger partial charge in [-0.05, 0) is 67.6 Å². The van der Waals surface area contributed by atoms with Gasteiger partial charge in [-0.2, -0.15) is 0 Å². The maximum Gasteiger partial charge on any atom is 0.318 e. The lowest BCUT2D eigenvalue weighted by atomic mass is 9.89. The minimum Gasteiger partial charge on any atom is -0.492 e. The molecule has 2 unspecified atom stereocenters. The van der Waals surface area contributed by atoms with Crippen LogP contribution in [0.25, 0.3) is 10.9 Å². The molecular formula is C34H41N5O3. The monoisotopic (exact) mass is 567 g/mol. The van der Waals surface area contributed by atoms with E-state index in [0.29, 0.717) is 43.6 Å². The number of rotatable bonds is 10. The zero-order valence-corrected chi connectivity index (χ0v) is 24.7. The van der Waals surface area contributed by atoms with Crippen molar-refractivity contribution < 1.29 is 14.3 Å². The molecule has 3 aromatic carbocycles. The zero-order chi connectivity index (χ0) is 29.5. The summed E-state index contributed by atoms with van der Waals surface area (Å²) in [7, 11) is 1.88. The number of anilines is 1. The molecule has 4 N–H and O–H groups in total. The van der Waals surface area contributed by atoms with Crippen molar-refractivity contribution in [2.45, 2.75) is 51.1 Å². The average Bonchev–Trinajstić information content (AvgIpc) is 3.46. The van der Waals surface area contributed by atoms with Crippen LogP contribution in [-0.2, 0) is 11.3 Å². The molecule has 1 fully saturated rings. The molecule has 5 rings (SSSR count). The number of ether oxygens (including phenoxy) is 1. The Morgan fingerprint density at radius 3 is 2.50 bits per heavy atom. The molecule has 220 valence electrons. The smallest absolute Gasteiger partial charge is 0.318 e. The van der Waals surface area contributed by atoms with Gasteiger partial charge in [0, 0.05) is 42.7 Å². The fourth-order valence-corrected chi connectivity index (χ4v) is 5.91. The summed E-state index contributed by atoms with van der Waals surface area (Å²) in [6, 6.07) is 23.2. The number of nitrogens with one attached hydrogen (secondary N) is 4. The van der Waals surface area contributed by atoms with Gasteiger partial charge in [0.05, 0.1) is 12.3 Å². The lowest BCUT2D eigenvalue weighted by Crippen LogP contribution is -2.53. The Morgan fingerprint density at radius 1 is 1.02 bits per heavy atom. The Hall–Kier alpha value is -4.30. The maximum absolute atomic E-state index is 14.0. The number of aromatic amines is 1. The Bertz CT molecular complexity index is 1490. The molecule has 0 aliphatic carbocycles. The summed E-state index contributed by atoms with van der Waals surface area (Å²) in [5.74, 6) is 0.436. The lowest BCUT2D eigenvalue weighted by molar-refractivity contribution is -0.118. The molecule has 0 radical (unpaired) electrons. The third-order valence-corrected chi connectivity index (χ3v) is 8.21. The van der Waals surface area contributed by atoms with E-state index in [1.165, 1.54) is 5.56 Å². The summed E-state index contributed by atoms with van der Waals surface area (Å²) >= 11 is 0. The van der Waals surface area contributed by atoms with E-state index >= 15 is 0 Å². The summed E-state index contributed by atoms with van der Waals surface area (Å²) < 4.78 is 5.83. The minimum atomic E-state index is -0.814. The third-order valence-electron chi connectivity index (χ3n) is 8.21. The first-order chi connectivity index (χ1) is 20.5. The highest BCUT2D eigenvalue weighted by molar-refractivity contribution is 5.99. The van der Waals surface area contributed by atoms with Crippen molar-refractivity contribution in [1.29, 1.82) is 0 Å². The summed E-state index contributed by atoms with van der Waals surface area (Å²) in [6.07, 6.45) is 3.72. The molecule has 8 heteroatoms. The van der Waals surface area contributed by atoms with Crippen molar-refractivity contribution in [3.63, 3.8) is 0 Å². The molecule has 0 bridgehead atoms. The van der Waals surface area contributed by atoms with Crippen LogP contribution in [-0.4, -0.2) is 54.6 Å². The van der Waals surface area contributed by atoms with Crippen LogP contribution < -0.4 is 20.7 Å². The van der Waals surface area contributed by atoms with Crippen LogP contribution in [0.1, 0.15) is 55.2 Å². The van der Waals surface area contributed by atoms with Gasteiger partial charge in [0.15, 0.2) is 0 Å². The molecular weight excluding hydrogens is 526 g/mol. The zero-order valence-electron chi connectivity index (χ0n) is 24.7. The van der Waals surface area contributed by atoms with Crippen molar-refractivity contribution in [2.75, 3.05) is 32.1 Å². The first kappa shape index (κ1) is 29.2. The number of nitrogens with zero attached hydrogens (tertiary/aromatic N) is 1. The number of para-hydroxylation sites is 1. The number of hydrogen-bond acceptors (Lipinski definition) is 4. The number of hydrogen-bond donors (Lipinski definition) is 4. The number of urea groups is 1. The molecule has 1 aliphatic rings. The lowest BCUT2D eigenvalue weighted by Gasteiger charge is -2.34. The van der Waals surface area contributed by atoms with Crippen molar-refractivity contribution in [1.82, 2.24) is 20.5 Å². The minimum absolute atomic E-state index is 0.220. The van der Waals surface area contributed by atoms with E-state index in [1.807, 2.05) is 80.5 Å². The molecule has 0 spiro atoms. The van der Waals surface area contributed by atoms with E-state index in [2.05, 4.69) is 45.2 Å². The molecule has 0 saturated carbocycles. The summed E-state index contributed by atoms with van der Waals surface area (Å²) in [5, 5.41) is 10.4. The molecule has 3 amide bonds. The molecule has 1 aromatic heterocycles. The van der Waals surface area contributed by atoms with Gasteiger partial charge in [0.25, 0.3) is 0 Å². The molecule has 2 heterocycles. The number of aromatic nitrogens is 1. The Kier molecular flexibility index (Phi) is 9.44. The second kappa shape index (κ2) is 13.6. The van der Waals surface area contributed by atoms with Crippen LogP contribution >= 0.6 is 0 Å². The molecule has 1 saturated heterocycles. The Morgan fingerprint density at radius 2 is 1.76 bits per heavy atom. The number of carbonyl (C=O) groups excluding carboxylic acids is 2. The number of piperidine rings is 1. The van der Waals surface area contributed by atoms with Gasteiger partial charge < -0.3 is 30.6 Å². The average molecular weight is 568 g/mol. The molecule has 4 aromatic rings.